The summed E-state index contributed by atoms with van der Waals surface area (Å²) in [4.78, 5) is 21.1. The summed E-state index contributed by atoms with van der Waals surface area (Å²) in [6.45, 7) is 1.96. The van der Waals surface area contributed by atoms with E-state index in [-0.39, 0.29) is 0 Å². The van der Waals surface area contributed by atoms with Gasteiger partial charge in [-0.05, 0) is 12.5 Å². The van der Waals surface area contributed by atoms with Crippen LogP contribution in [0, 0.1) is 0 Å². The lowest BCUT2D eigenvalue weighted by Crippen LogP contribution is -2.37. The zero-order valence-electron chi connectivity index (χ0n) is 6.99. The Hall–Kier alpha value is -1.16. The smallest absolute Gasteiger partial charge is 0.328 e. The Bertz CT molecular complexity index is 198. The third-order valence-electron chi connectivity index (χ3n) is 1.31. The maximum absolute atomic E-state index is 10.9. The third-order valence-corrected chi connectivity index (χ3v) is 1.31. The van der Waals surface area contributed by atoms with Crippen LogP contribution in [-0.4, -0.2) is 22.9 Å². The first-order valence-electron chi connectivity index (χ1n) is 3.78. The van der Waals surface area contributed by atoms with E-state index >= 15 is 0 Å². The fourth-order valence-corrected chi connectivity index (χ4v) is 0.592. The van der Waals surface area contributed by atoms with Gasteiger partial charge in [0.25, 0.3) is 0 Å². The van der Waals surface area contributed by atoms with Crippen molar-refractivity contribution in [1.29, 1.82) is 0 Å². The van der Waals surface area contributed by atoms with Crippen molar-refractivity contribution in [3.63, 3.8) is 0 Å². The highest BCUT2D eigenvalue weighted by molar-refractivity contribution is 6.07. The maximum atomic E-state index is 10.9. The van der Waals surface area contributed by atoms with Crippen LogP contribution in [0.5, 0.6) is 0 Å². The first-order valence-corrected chi connectivity index (χ1v) is 3.78. The number of carboxylic acid groups (broad SMARTS) is 1. The number of carbonyl (C=O) groups is 2. The van der Waals surface area contributed by atoms with Gasteiger partial charge in [-0.3, -0.25) is 9.59 Å². The summed E-state index contributed by atoms with van der Waals surface area (Å²) in [5.74, 6) is -1.85. The number of unbranched alkanes of at least 4 members (excludes halogenated alkanes) is 1. The Kier molecular flexibility index (Phi) is 4.96. The van der Waals surface area contributed by atoms with Crippen molar-refractivity contribution in [1.82, 2.24) is 0 Å². The van der Waals surface area contributed by atoms with Gasteiger partial charge in [0.1, 0.15) is 0 Å². The van der Waals surface area contributed by atoms with Gasteiger partial charge in [0, 0.05) is 0 Å². The molecule has 0 fully saturated rings. The number of nitrogens with two attached hydrogens (primary N) is 1. The highest BCUT2D eigenvalue weighted by Crippen LogP contribution is 1.91. The molecule has 0 spiro atoms. The normalized spacial score (nSPS) is 13.2. The highest BCUT2D eigenvalue weighted by atomic mass is 16.4. The summed E-state index contributed by atoms with van der Waals surface area (Å²) in [7, 11) is 0. The first-order chi connectivity index (χ1) is 5.59. The zero-order chi connectivity index (χ0) is 9.56. The quantitative estimate of drug-likeness (QED) is 0.461. The second-order valence-corrected chi connectivity index (χ2v) is 2.41. The fraction of sp³-hybridized carbons (Fsp3) is 0.500. The summed E-state index contributed by atoms with van der Waals surface area (Å²) < 4.78 is 0. The number of allylic oxidation sites excluding steroid dienone is 1. The van der Waals surface area contributed by atoms with E-state index in [4.69, 9.17) is 10.8 Å². The third kappa shape index (κ3) is 3.88. The summed E-state index contributed by atoms with van der Waals surface area (Å²) in [5.41, 5.74) is 5.04. The standard InChI is InChI=1S/C8H13NO3/c1-2-3-4-5-6(10)7(9)8(11)12/h4-5,7H,2-3,9H2,1H3,(H,11,12)/b5-4+. The molecule has 1 unspecified atom stereocenters. The van der Waals surface area contributed by atoms with Crippen molar-refractivity contribution in [2.75, 3.05) is 0 Å². The van der Waals surface area contributed by atoms with Crippen molar-refractivity contribution >= 4 is 11.8 Å². The van der Waals surface area contributed by atoms with E-state index in [1.54, 1.807) is 6.08 Å². The van der Waals surface area contributed by atoms with Crippen LogP contribution in [0.25, 0.3) is 0 Å². The molecule has 68 valence electrons. The average molecular weight is 171 g/mol. The molecule has 0 radical (unpaired) electrons. The monoisotopic (exact) mass is 171 g/mol. The van der Waals surface area contributed by atoms with Crippen molar-refractivity contribution < 1.29 is 14.7 Å². The van der Waals surface area contributed by atoms with Crippen LogP contribution in [0.3, 0.4) is 0 Å². The molecule has 0 aromatic carbocycles. The van der Waals surface area contributed by atoms with E-state index in [9.17, 15) is 9.59 Å². The predicted molar refractivity (Wildman–Crippen MR) is 44.7 cm³/mol. The van der Waals surface area contributed by atoms with Crippen LogP contribution in [-0.2, 0) is 9.59 Å². The molecule has 12 heavy (non-hydrogen) atoms. The van der Waals surface area contributed by atoms with E-state index in [1.165, 1.54) is 6.08 Å². The lowest BCUT2D eigenvalue weighted by atomic mass is 10.2. The number of aliphatic carboxylic acids is 1. The average Bonchev–Trinajstić information content (AvgIpc) is 2.03. The topological polar surface area (TPSA) is 80.4 Å². The molecular formula is C8H13NO3. The van der Waals surface area contributed by atoms with Crippen LogP contribution in [0.4, 0.5) is 0 Å². The lowest BCUT2D eigenvalue weighted by molar-refractivity contribution is -0.141. The van der Waals surface area contributed by atoms with Crippen molar-refractivity contribution in [2.24, 2.45) is 5.73 Å². The number of rotatable bonds is 5. The molecule has 1 atom stereocenters. The fourth-order valence-electron chi connectivity index (χ4n) is 0.592. The molecule has 0 aromatic heterocycles. The molecule has 0 aliphatic carbocycles. The maximum Gasteiger partial charge on any atom is 0.328 e. The molecule has 4 nitrogen and oxygen atoms in total. The molecule has 0 rings (SSSR count). The molecular weight excluding hydrogens is 158 g/mol. The molecule has 0 aliphatic heterocycles. The largest absolute Gasteiger partial charge is 0.480 e. The molecule has 0 saturated carbocycles. The minimum atomic E-state index is -1.42. The van der Waals surface area contributed by atoms with Crippen LogP contribution in [0.15, 0.2) is 12.2 Å². The summed E-state index contributed by atoms with van der Waals surface area (Å²) >= 11 is 0. The highest BCUT2D eigenvalue weighted by Gasteiger charge is 2.17. The van der Waals surface area contributed by atoms with Gasteiger partial charge in [-0.25, -0.2) is 0 Å². The van der Waals surface area contributed by atoms with Crippen molar-refractivity contribution in [3.05, 3.63) is 12.2 Å². The molecule has 0 heterocycles. The van der Waals surface area contributed by atoms with Crippen LogP contribution in [0.2, 0.25) is 0 Å². The Morgan fingerprint density at radius 3 is 2.58 bits per heavy atom. The molecule has 0 aromatic rings. The van der Waals surface area contributed by atoms with E-state index < -0.39 is 17.8 Å². The van der Waals surface area contributed by atoms with Crippen molar-refractivity contribution in [2.45, 2.75) is 25.8 Å². The Morgan fingerprint density at radius 2 is 2.17 bits per heavy atom. The minimum absolute atomic E-state index is 0.559. The van der Waals surface area contributed by atoms with Gasteiger partial charge in [0.2, 0.25) is 0 Å². The van der Waals surface area contributed by atoms with Gasteiger partial charge in [-0.15, -0.1) is 0 Å². The van der Waals surface area contributed by atoms with Gasteiger partial charge >= 0.3 is 5.97 Å². The number of carbonyl (C=O) groups excluding carboxylic acids is 1. The molecule has 0 bridgehead atoms. The van der Waals surface area contributed by atoms with E-state index in [0.29, 0.717) is 0 Å². The molecule has 0 aliphatic rings. The van der Waals surface area contributed by atoms with E-state index in [0.717, 1.165) is 12.8 Å². The Labute approximate surface area is 71.1 Å². The minimum Gasteiger partial charge on any atom is -0.480 e. The number of hydrogen-bond donors (Lipinski definition) is 2. The van der Waals surface area contributed by atoms with E-state index in [2.05, 4.69) is 0 Å². The summed E-state index contributed by atoms with van der Waals surface area (Å²) in [5, 5.41) is 8.33. The predicted octanol–water partition coefficient (Wildman–Crippen LogP) is 0.324. The SMILES string of the molecule is CCC/C=C/C(=O)C(N)C(=O)O. The molecule has 0 amide bonds. The molecule has 4 heteroatoms. The van der Waals surface area contributed by atoms with Crippen LogP contribution >= 0.6 is 0 Å². The van der Waals surface area contributed by atoms with E-state index in [1.807, 2.05) is 6.92 Å². The van der Waals surface area contributed by atoms with Crippen LogP contribution < -0.4 is 5.73 Å². The molecule has 3 N–H and O–H groups in total. The van der Waals surface area contributed by atoms with Gasteiger partial charge in [-0.1, -0.05) is 19.4 Å². The van der Waals surface area contributed by atoms with Crippen molar-refractivity contribution in [3.8, 4) is 0 Å². The Morgan fingerprint density at radius 1 is 1.58 bits per heavy atom. The molecule has 0 saturated heterocycles. The van der Waals surface area contributed by atoms with Gasteiger partial charge in [0.15, 0.2) is 11.8 Å². The second-order valence-electron chi connectivity index (χ2n) is 2.41. The zero-order valence-corrected chi connectivity index (χ0v) is 6.99. The second kappa shape index (κ2) is 5.49. The van der Waals surface area contributed by atoms with Gasteiger partial charge in [-0.2, -0.15) is 0 Å². The van der Waals surface area contributed by atoms with Gasteiger partial charge in [0.05, 0.1) is 0 Å². The number of ketones is 1. The first kappa shape index (κ1) is 10.8. The number of hydrogen-bond acceptors (Lipinski definition) is 3. The summed E-state index contributed by atoms with van der Waals surface area (Å²) in [6.07, 6.45) is 4.54. The van der Waals surface area contributed by atoms with Gasteiger partial charge < -0.3 is 10.8 Å². The van der Waals surface area contributed by atoms with Crippen LogP contribution in [0.1, 0.15) is 19.8 Å². The number of carboxylic acids is 1. The Balaban J connectivity index is 3.95. The summed E-state index contributed by atoms with van der Waals surface area (Å²) in [6, 6.07) is -1.42. The lowest BCUT2D eigenvalue weighted by Gasteiger charge is -1.99.